The van der Waals surface area contributed by atoms with Gasteiger partial charge >= 0.3 is 10.2 Å². The van der Waals surface area contributed by atoms with Gasteiger partial charge in [0.05, 0.1) is 0 Å². The fraction of sp³-hybridized carbons (Fsp3) is 0. The van der Waals surface area contributed by atoms with Crippen LogP contribution in [0, 0.1) is 10.8 Å². The Kier molecular flexibility index (Phi) is 5.92. The molecule has 4 N–H and O–H groups in total. The third kappa shape index (κ3) is 5.00. The summed E-state index contributed by atoms with van der Waals surface area (Å²) in [5.41, 5.74) is 4.30. The van der Waals surface area contributed by atoms with E-state index in [1.807, 2.05) is 0 Å². The Bertz CT molecular complexity index is 1140. The molecule has 2 aromatic rings. The molecule has 0 bridgehead atoms. The Morgan fingerprint density at radius 3 is 1.39 bits per heavy atom. The van der Waals surface area contributed by atoms with E-state index >= 15 is 0 Å². The topological polar surface area (TPSA) is 189 Å². The minimum atomic E-state index is -4.66. The van der Waals surface area contributed by atoms with Crippen molar-refractivity contribution in [2.75, 3.05) is 10.9 Å². The van der Waals surface area contributed by atoms with Gasteiger partial charge < -0.3 is 0 Å². The lowest BCUT2D eigenvalue weighted by Crippen LogP contribution is -2.03. The smallest absolute Gasteiger partial charge is 0.282 e. The van der Waals surface area contributed by atoms with Crippen molar-refractivity contribution in [2.24, 2.45) is 0 Å². The summed E-state index contributed by atoms with van der Waals surface area (Å²) < 4.78 is 65.1. The lowest BCUT2D eigenvalue weighted by atomic mass is 10.1. The van der Waals surface area contributed by atoms with E-state index in [1.165, 1.54) is 36.4 Å². The third-order valence-electron chi connectivity index (χ3n) is 3.38. The second-order valence-electron chi connectivity index (χ2n) is 5.21. The molecular formula is C14H12N6O6S2+2. The highest BCUT2D eigenvalue weighted by molar-refractivity contribution is 7.86. The zero-order valence-corrected chi connectivity index (χ0v) is 15.4. The molecule has 28 heavy (non-hydrogen) atoms. The SMILES string of the molecule is N#[N+]Nc1ccc(/C=C/c2ccc(N[N+]#N)cc2S(=O)(=O)O)c(S(=O)(=O)O)c1. The molecule has 14 heteroatoms. The number of anilines is 2. The molecule has 0 spiro atoms. The fourth-order valence-corrected chi connectivity index (χ4v) is 3.64. The Morgan fingerprint density at radius 1 is 0.750 bits per heavy atom. The van der Waals surface area contributed by atoms with Gasteiger partial charge in [0.25, 0.3) is 31.0 Å². The van der Waals surface area contributed by atoms with Crippen molar-refractivity contribution in [3.05, 3.63) is 57.7 Å². The second kappa shape index (κ2) is 7.99. The first kappa shape index (κ1) is 20.7. The zero-order chi connectivity index (χ0) is 20.9. The van der Waals surface area contributed by atoms with Crippen molar-refractivity contribution in [1.82, 2.24) is 0 Å². The van der Waals surface area contributed by atoms with Crippen LogP contribution < -0.4 is 10.9 Å². The van der Waals surface area contributed by atoms with E-state index in [9.17, 15) is 25.9 Å². The van der Waals surface area contributed by atoms with E-state index in [2.05, 4.69) is 21.0 Å². The minimum absolute atomic E-state index is 0.0140. The van der Waals surface area contributed by atoms with Crippen LogP contribution in [0.15, 0.2) is 46.2 Å². The number of benzene rings is 2. The molecule has 0 heterocycles. The van der Waals surface area contributed by atoms with E-state index in [1.54, 1.807) is 0 Å². The number of hydrogen-bond donors (Lipinski definition) is 4. The van der Waals surface area contributed by atoms with E-state index < -0.39 is 30.0 Å². The molecule has 144 valence electrons. The van der Waals surface area contributed by atoms with Gasteiger partial charge in [-0.1, -0.05) is 24.3 Å². The van der Waals surface area contributed by atoms with Gasteiger partial charge in [0, 0.05) is 0 Å². The second-order valence-corrected chi connectivity index (χ2v) is 7.99. The summed E-state index contributed by atoms with van der Waals surface area (Å²) in [4.78, 5) is -1.08. The molecule has 0 radical (unpaired) electrons. The van der Waals surface area contributed by atoms with Crippen molar-refractivity contribution in [3.63, 3.8) is 0 Å². The van der Waals surface area contributed by atoms with Gasteiger partial charge in [-0.2, -0.15) is 16.8 Å². The maximum Gasteiger partial charge on any atom is 0.308 e. The first-order chi connectivity index (χ1) is 13.1. The molecule has 0 saturated heterocycles. The number of nitrogens with one attached hydrogen (secondary N) is 2. The highest BCUT2D eigenvalue weighted by Gasteiger charge is 2.18. The molecule has 0 aliphatic carbocycles. The molecule has 0 aliphatic heterocycles. The molecule has 2 rings (SSSR count). The summed E-state index contributed by atoms with van der Waals surface area (Å²) in [6.07, 6.45) is 2.38. The van der Waals surface area contributed by atoms with Crippen molar-refractivity contribution >= 4 is 43.8 Å². The standard InChI is InChI=1S/C14H10N6O6S2/c15-19-17-11-5-3-9(13(7-11)27(21,22)23)1-2-10-4-6-12(18-20-16)8-14(10)28(24,25)26/h1-8,15H,(H-,21,22,23,24,25,26)/p+2. The van der Waals surface area contributed by atoms with Crippen LogP contribution in [0.1, 0.15) is 11.1 Å². The summed E-state index contributed by atoms with van der Waals surface area (Å²) >= 11 is 0. The third-order valence-corrected chi connectivity index (χ3v) is 5.20. The van der Waals surface area contributed by atoms with Crippen LogP contribution in [-0.2, 0) is 20.2 Å². The number of nitrogens with zero attached hydrogens (tertiary/aromatic N) is 4. The van der Waals surface area contributed by atoms with Gasteiger partial charge in [0.2, 0.25) is 0 Å². The van der Waals surface area contributed by atoms with E-state index in [0.29, 0.717) is 0 Å². The van der Waals surface area contributed by atoms with Crippen LogP contribution >= 0.6 is 0 Å². The summed E-state index contributed by atoms with van der Waals surface area (Å²) in [6, 6.07) is 7.20. The lowest BCUT2D eigenvalue weighted by Gasteiger charge is -2.06. The van der Waals surface area contributed by atoms with Crippen LogP contribution in [-0.4, -0.2) is 25.9 Å². The lowest BCUT2D eigenvalue weighted by molar-refractivity contribution is 0.480. The summed E-state index contributed by atoms with van der Waals surface area (Å²) in [6.45, 7) is 0. The number of rotatable bonds is 6. The quantitative estimate of drug-likeness (QED) is 0.232. The fourth-order valence-electron chi connectivity index (χ4n) is 2.23. The number of hydrogen-bond acceptors (Lipinski definition) is 8. The monoisotopic (exact) mass is 424 g/mol. The average molecular weight is 424 g/mol. The van der Waals surface area contributed by atoms with Crippen LogP contribution in [0.5, 0.6) is 0 Å². The molecule has 12 nitrogen and oxygen atoms in total. The molecule has 0 amide bonds. The maximum atomic E-state index is 11.6. The Hall–Kier alpha value is -3.56. The largest absolute Gasteiger partial charge is 0.308 e. The van der Waals surface area contributed by atoms with E-state index in [4.69, 9.17) is 10.8 Å². The van der Waals surface area contributed by atoms with Crippen molar-refractivity contribution in [3.8, 4) is 0 Å². The van der Waals surface area contributed by atoms with Gasteiger partial charge in [-0.05, 0) is 46.2 Å². The van der Waals surface area contributed by atoms with E-state index in [-0.39, 0.29) is 22.5 Å². The zero-order valence-electron chi connectivity index (χ0n) is 13.8. The van der Waals surface area contributed by atoms with E-state index in [0.717, 1.165) is 12.1 Å². The average Bonchev–Trinajstić information content (AvgIpc) is 2.60. The molecular weight excluding hydrogens is 412 g/mol. The van der Waals surface area contributed by atoms with Crippen molar-refractivity contribution < 1.29 is 25.9 Å². The Balaban J connectivity index is 2.58. The Morgan fingerprint density at radius 2 is 1.11 bits per heavy atom. The van der Waals surface area contributed by atoms with Crippen LogP contribution in [0.4, 0.5) is 11.4 Å². The number of diazo groups is 2. The summed E-state index contributed by atoms with van der Waals surface area (Å²) in [7, 11) is -9.33. The predicted molar refractivity (Wildman–Crippen MR) is 98.9 cm³/mol. The summed E-state index contributed by atoms with van der Waals surface area (Å²) in [5, 5.41) is 22.3. The van der Waals surface area contributed by atoms with Crippen LogP contribution in [0.3, 0.4) is 0 Å². The van der Waals surface area contributed by atoms with Gasteiger partial charge in [-0.3, -0.25) is 9.11 Å². The summed E-state index contributed by atoms with van der Waals surface area (Å²) in [5.74, 6) is 0. The Labute approximate surface area is 159 Å². The normalized spacial score (nSPS) is 11.6. The highest BCUT2D eigenvalue weighted by Crippen LogP contribution is 2.26. The van der Waals surface area contributed by atoms with Crippen molar-refractivity contribution in [1.29, 1.82) is 10.8 Å². The predicted octanol–water partition coefficient (Wildman–Crippen LogP) is 2.71. The van der Waals surface area contributed by atoms with Crippen LogP contribution in [0.2, 0.25) is 0 Å². The van der Waals surface area contributed by atoms with Gasteiger partial charge in [-0.25, -0.2) is 0 Å². The minimum Gasteiger partial charge on any atom is -0.282 e. The molecule has 0 atom stereocenters. The molecule has 0 unspecified atom stereocenters. The molecule has 0 aliphatic rings. The highest BCUT2D eigenvalue weighted by atomic mass is 32.2. The molecule has 0 fully saturated rings. The first-order valence-electron chi connectivity index (χ1n) is 7.17. The van der Waals surface area contributed by atoms with Gasteiger partial charge in [-0.15, -0.1) is 0 Å². The van der Waals surface area contributed by atoms with Gasteiger partial charge in [0.1, 0.15) is 21.2 Å². The van der Waals surface area contributed by atoms with Crippen LogP contribution in [0.25, 0.3) is 22.3 Å². The van der Waals surface area contributed by atoms with Crippen molar-refractivity contribution in [2.45, 2.75) is 9.79 Å². The first-order valence-corrected chi connectivity index (χ1v) is 10.1. The molecule has 0 saturated carbocycles. The maximum absolute atomic E-state index is 11.6. The van der Waals surface area contributed by atoms with Gasteiger partial charge in [0.15, 0.2) is 0 Å². The molecule has 0 aromatic heterocycles. The molecule has 2 aromatic carbocycles.